The molecule has 25 nitrogen and oxygen atoms in total. The molecule has 2 amide bonds. The van der Waals surface area contributed by atoms with Gasteiger partial charge in [-0.3, -0.25) is 19.2 Å². The minimum Gasteiger partial charge on any atom is -0.464 e. The topological polar surface area (TPSA) is 320 Å². The van der Waals surface area contributed by atoms with Gasteiger partial charge >= 0.3 is 34.4 Å². The fourth-order valence-electron chi connectivity index (χ4n) is 8.76. The van der Waals surface area contributed by atoms with Gasteiger partial charge < -0.3 is 57.7 Å². The monoisotopic (exact) mass is 1230 g/mol. The minimum absolute atomic E-state index is 0.0486. The van der Waals surface area contributed by atoms with Crippen LogP contribution in [0.5, 0.6) is 0 Å². The van der Waals surface area contributed by atoms with E-state index in [4.69, 9.17) is 61.3 Å². The molecule has 0 unspecified atom stereocenters. The van der Waals surface area contributed by atoms with E-state index in [2.05, 4.69) is 84.0 Å². The lowest BCUT2D eigenvalue weighted by molar-refractivity contribution is -0.150. The summed E-state index contributed by atoms with van der Waals surface area (Å²) in [5.41, 5.74) is 4.87. The van der Waals surface area contributed by atoms with Crippen LogP contribution in [-0.4, -0.2) is 146 Å². The highest BCUT2D eigenvalue weighted by Gasteiger charge is 2.25. The first-order chi connectivity index (χ1) is 41.5. The molecule has 478 valence electrons. The number of methoxy groups -OCH3 is 1. The van der Waals surface area contributed by atoms with Crippen LogP contribution in [-0.2, 0) is 103 Å². The number of amides is 2. The number of nitrogens with zero attached hydrogens (tertiary/aromatic N) is 6. The Hall–Kier alpha value is -7.52. The van der Waals surface area contributed by atoms with Crippen LogP contribution in [0.15, 0.2) is 48.5 Å². The summed E-state index contributed by atoms with van der Waals surface area (Å²) in [6, 6.07) is 15.7. The predicted octanol–water partition coefficient (Wildman–Crippen LogP) is 9.25. The number of esters is 4. The third kappa shape index (κ3) is 25.8. The highest BCUT2D eigenvalue weighted by atomic mass is 32.2. The van der Waals surface area contributed by atoms with Crippen molar-refractivity contribution >= 4 is 102 Å². The first-order valence-corrected chi connectivity index (χ1v) is 30.4. The number of imidazole rings is 2. The number of hydrogen-bond acceptors (Lipinski definition) is 21. The Bertz CT molecular complexity index is 3330. The molecule has 0 bridgehead atoms. The van der Waals surface area contributed by atoms with Gasteiger partial charge in [0.05, 0.1) is 48.5 Å². The number of ether oxygens (including phenoxy) is 8. The summed E-state index contributed by atoms with van der Waals surface area (Å²) in [7, 11) is -1.19. The lowest BCUT2D eigenvalue weighted by atomic mass is 9.96. The Morgan fingerprint density at radius 2 is 0.977 bits per heavy atom. The van der Waals surface area contributed by atoms with Gasteiger partial charge in [-0.05, 0) is 68.4 Å². The Kier molecular flexibility index (Phi) is 30.8. The van der Waals surface area contributed by atoms with E-state index in [1.807, 2.05) is 56.3 Å². The van der Waals surface area contributed by atoms with Crippen LogP contribution in [0.1, 0.15) is 132 Å². The van der Waals surface area contributed by atoms with E-state index in [0.717, 1.165) is 63.9 Å². The first kappa shape index (κ1) is 72.0. The quantitative estimate of drug-likeness (QED) is 0.0196. The maximum atomic E-state index is 12.9. The minimum atomic E-state index is -2.61. The number of aryl methyl sites for hydroxylation is 1. The third-order valence-electron chi connectivity index (χ3n) is 12.5. The van der Waals surface area contributed by atoms with Gasteiger partial charge in [0.15, 0.2) is 11.6 Å². The number of pyridine rings is 2. The lowest BCUT2D eigenvalue weighted by Crippen LogP contribution is -2.22. The van der Waals surface area contributed by atoms with E-state index in [1.54, 1.807) is 0 Å². The number of unbranched alkanes of at least 4 members (excludes halogenated alkanes) is 4. The molecule has 0 aliphatic heterocycles. The van der Waals surface area contributed by atoms with Crippen molar-refractivity contribution in [3.05, 3.63) is 60.2 Å². The van der Waals surface area contributed by atoms with Gasteiger partial charge in [-0.1, -0.05) is 91.8 Å². The molecule has 6 aromatic rings. The number of aromatic nitrogens is 6. The molecule has 0 fully saturated rings. The highest BCUT2D eigenvalue weighted by molar-refractivity contribution is 7.60. The molecule has 0 aliphatic carbocycles. The van der Waals surface area contributed by atoms with E-state index in [-0.39, 0.29) is 94.4 Å². The van der Waals surface area contributed by atoms with Gasteiger partial charge in [0, 0.05) is 63.3 Å². The molecular weight excluding hydrogens is 1150 g/mol. The zero-order chi connectivity index (χ0) is 63.9. The molecule has 4 aromatic heterocycles. The number of para-hydroxylation sites is 2. The van der Waals surface area contributed by atoms with Crippen LogP contribution in [0, 0.1) is 15.6 Å². The van der Waals surface area contributed by atoms with Crippen LogP contribution in [0.2, 0.25) is 0 Å². The normalized spacial score (nSPS) is 11.4. The molecule has 26 heteroatoms. The second kappa shape index (κ2) is 37.2. The molecule has 0 saturated carbocycles. The molecule has 0 saturated heterocycles. The summed E-state index contributed by atoms with van der Waals surface area (Å²) in [5.74, 6) is 0.352. The molecule has 6 rings (SSSR count). The van der Waals surface area contributed by atoms with Crippen LogP contribution in [0.4, 0.5) is 11.6 Å². The van der Waals surface area contributed by atoms with Gasteiger partial charge in [0.1, 0.15) is 62.3 Å². The number of nitrogens with one attached hydrogen (secondary N) is 3. The van der Waals surface area contributed by atoms with Crippen molar-refractivity contribution in [2.75, 3.05) is 83.8 Å². The number of rotatable bonds is 33. The predicted molar refractivity (Wildman–Crippen MR) is 327 cm³/mol. The Balaban J connectivity index is 0.000000457. The van der Waals surface area contributed by atoms with Crippen LogP contribution < -0.4 is 10.6 Å². The number of hydrogen-bond donors (Lipinski definition) is 3. The largest absolute Gasteiger partial charge is 0.464 e. The molecule has 4 heterocycles. The zero-order valence-corrected chi connectivity index (χ0v) is 52.8. The van der Waals surface area contributed by atoms with E-state index in [1.165, 1.54) is 7.11 Å². The summed E-state index contributed by atoms with van der Waals surface area (Å²) in [4.78, 5) is 91.1. The first-order valence-electron chi connectivity index (χ1n) is 29.3. The Labute approximate surface area is 509 Å². The number of anilines is 2. The summed E-state index contributed by atoms with van der Waals surface area (Å²) >= 11 is 0. The molecule has 0 atom stereocenters. The fourth-order valence-corrected chi connectivity index (χ4v) is 8.76. The fraction of sp³-hybridized carbons (Fsp3) is 0.574. The van der Waals surface area contributed by atoms with Gasteiger partial charge in [0.25, 0.3) is 5.91 Å². The van der Waals surface area contributed by atoms with Gasteiger partial charge in [-0.15, -0.1) is 0 Å². The third-order valence-corrected chi connectivity index (χ3v) is 12.5. The highest BCUT2D eigenvalue weighted by Crippen LogP contribution is 2.34. The number of fused-ring (bicyclic) bond motifs is 6. The standard InChI is InChI=1S/C41H60N4O13.C20H26N4O.HNO2S/c1-6-52-25-32-43-38-39(45(32)29-41(2,3)4)30-15-11-12-16-31(30)42-40(38)44-33(46)26-54-28-37(50)56-20-14-8-10-18-35(48)58-24-22-53-21-23-57-34(47)17-9-7-13-19-55-36(49)27-51-5;1-6-15-22-17-18(24(15)12-20(3,4)5)13-10-8-9-11-14(13)21-19(17)23-16(25)7-2;1-4(2)3/h11-12,15-16H,6-10,13-14,17-29H2,1-5H3,(H,42,44,46);8-11H,6-7,12H2,1-5H3,(H,21,23,25);1H. The molecule has 3 N–H and O–H groups in total. The summed E-state index contributed by atoms with van der Waals surface area (Å²) in [5, 5.41) is 7.72. The molecule has 87 heavy (non-hydrogen) atoms. The molecule has 0 aliphatic rings. The van der Waals surface area contributed by atoms with Crippen LogP contribution >= 0.6 is 0 Å². The summed E-state index contributed by atoms with van der Waals surface area (Å²) in [6.07, 6.45) is 5.47. The smallest absolute Gasteiger partial charge is 0.332 e. The van der Waals surface area contributed by atoms with Crippen LogP contribution in [0.3, 0.4) is 0 Å². The average Bonchev–Trinajstić information content (AvgIpc) is 1.71. The van der Waals surface area contributed by atoms with E-state index in [0.29, 0.717) is 81.0 Å². The van der Waals surface area contributed by atoms with Crippen molar-refractivity contribution in [2.45, 2.75) is 146 Å². The maximum absolute atomic E-state index is 12.9. The van der Waals surface area contributed by atoms with Crippen molar-refractivity contribution in [3.8, 4) is 0 Å². The average molecular weight is 1230 g/mol. The summed E-state index contributed by atoms with van der Waals surface area (Å²) in [6.45, 7) is 21.5. The van der Waals surface area contributed by atoms with Crippen molar-refractivity contribution in [1.29, 1.82) is 4.78 Å². The number of carbonyl (C=O) groups is 6. The van der Waals surface area contributed by atoms with Crippen molar-refractivity contribution in [2.24, 2.45) is 10.8 Å². The zero-order valence-electron chi connectivity index (χ0n) is 52.0. The van der Waals surface area contributed by atoms with Gasteiger partial charge in [-0.25, -0.2) is 29.5 Å². The maximum Gasteiger partial charge on any atom is 0.332 e. The van der Waals surface area contributed by atoms with E-state index in [9.17, 15) is 28.8 Å². The van der Waals surface area contributed by atoms with Crippen molar-refractivity contribution in [3.63, 3.8) is 0 Å². The molecule has 0 radical (unpaired) electrons. The second-order valence-electron chi connectivity index (χ2n) is 22.4. The molecular formula is C61H87N9O16S. The molecule has 2 aromatic carbocycles. The lowest BCUT2D eigenvalue weighted by Gasteiger charge is -2.21. The summed E-state index contributed by atoms with van der Waals surface area (Å²) < 4.78 is 68.7. The van der Waals surface area contributed by atoms with E-state index < -0.39 is 35.0 Å². The van der Waals surface area contributed by atoms with E-state index >= 15 is 0 Å². The molecule has 0 spiro atoms. The van der Waals surface area contributed by atoms with Gasteiger partial charge in [0.2, 0.25) is 5.91 Å². The van der Waals surface area contributed by atoms with Crippen LogP contribution in [0.25, 0.3) is 43.9 Å². The number of carbonyl (C=O) groups excluding carboxylic acids is 6. The van der Waals surface area contributed by atoms with Crippen molar-refractivity contribution in [1.82, 2.24) is 29.1 Å². The Morgan fingerprint density at radius 3 is 1.44 bits per heavy atom. The van der Waals surface area contributed by atoms with Gasteiger partial charge in [-0.2, -0.15) is 13.2 Å². The number of benzene rings is 2. The Morgan fingerprint density at radius 1 is 0.529 bits per heavy atom. The SMILES string of the molecule is CCC(=O)Nc1nc2ccccc2c2c1nc(CC)n2CC(C)(C)C.CCOCc1nc2c(NC(=O)COCC(=O)OCCCCCC(=O)OCCOCCOC(=O)CCCCCOC(=O)COC)nc3ccccc3c2n1CC(C)(C)C.N=S(=O)=O. The second-order valence-corrected chi connectivity index (χ2v) is 22.9. The van der Waals surface area contributed by atoms with Crippen molar-refractivity contribution < 1.29 is 75.1 Å².